The zero-order chi connectivity index (χ0) is 32.4. The molecule has 2 atom stereocenters. The van der Waals surface area contributed by atoms with Gasteiger partial charge in [0.05, 0.1) is 17.8 Å². The van der Waals surface area contributed by atoms with Crippen molar-refractivity contribution in [1.82, 2.24) is 21.5 Å². The molecule has 1 aliphatic heterocycles. The lowest BCUT2D eigenvalue weighted by atomic mass is 9.77. The average Bonchev–Trinajstić information content (AvgIpc) is 3.02. The third-order valence-corrected chi connectivity index (χ3v) is 8.37. The fraction of sp³-hybridized carbons (Fsp3) is 0.448. The molecule has 0 radical (unpaired) electrons. The van der Waals surface area contributed by atoms with Gasteiger partial charge in [0.1, 0.15) is 17.5 Å². The van der Waals surface area contributed by atoms with Crippen molar-refractivity contribution in [3.8, 4) is 0 Å². The van der Waals surface area contributed by atoms with Crippen LogP contribution in [0.2, 0.25) is 5.02 Å². The van der Waals surface area contributed by atoms with E-state index in [1.807, 2.05) is 0 Å². The van der Waals surface area contributed by atoms with Crippen molar-refractivity contribution in [2.45, 2.75) is 75.6 Å². The average molecular weight is 656 g/mol. The first kappa shape index (κ1) is 33.2. The van der Waals surface area contributed by atoms with E-state index < -0.39 is 64.8 Å². The van der Waals surface area contributed by atoms with Gasteiger partial charge in [-0.15, -0.1) is 11.8 Å². The van der Waals surface area contributed by atoms with Crippen molar-refractivity contribution in [3.05, 3.63) is 58.4 Å². The highest BCUT2D eigenvalue weighted by Crippen LogP contribution is 2.44. The van der Waals surface area contributed by atoms with Gasteiger partial charge in [-0.25, -0.2) is 28.2 Å². The van der Waals surface area contributed by atoms with E-state index in [0.29, 0.717) is 15.5 Å². The summed E-state index contributed by atoms with van der Waals surface area (Å²) in [5.41, 5.74) is 3.81. The Kier molecular flexibility index (Phi) is 9.93. The van der Waals surface area contributed by atoms with Crippen LogP contribution in [0.3, 0.4) is 0 Å². The molecule has 2 aromatic carbocycles. The van der Waals surface area contributed by atoms with Crippen molar-refractivity contribution in [2.75, 3.05) is 10.7 Å². The van der Waals surface area contributed by atoms with Crippen LogP contribution in [0, 0.1) is 11.7 Å². The molecule has 0 saturated heterocycles. The van der Waals surface area contributed by atoms with Gasteiger partial charge in [-0.1, -0.05) is 23.7 Å². The maximum absolute atomic E-state index is 15.2. The van der Waals surface area contributed by atoms with Crippen LogP contribution in [0.5, 0.6) is 0 Å². The Morgan fingerprint density at radius 1 is 1.14 bits per heavy atom. The van der Waals surface area contributed by atoms with Gasteiger partial charge in [0.2, 0.25) is 5.92 Å². The molecule has 1 saturated carbocycles. The van der Waals surface area contributed by atoms with Crippen LogP contribution in [0.15, 0.2) is 41.3 Å². The van der Waals surface area contributed by atoms with Gasteiger partial charge >= 0.3 is 12.1 Å². The van der Waals surface area contributed by atoms with Crippen molar-refractivity contribution in [1.29, 1.82) is 0 Å². The summed E-state index contributed by atoms with van der Waals surface area (Å²) in [6.07, 6.45) is -1.50. The molecule has 1 fully saturated rings. The van der Waals surface area contributed by atoms with E-state index in [2.05, 4.69) is 21.5 Å². The van der Waals surface area contributed by atoms with Crippen molar-refractivity contribution in [2.24, 2.45) is 5.92 Å². The molecule has 238 valence electrons. The number of anilines is 1. The number of hydrazine groups is 1. The zero-order valence-electron chi connectivity index (χ0n) is 24.4. The Balaban J connectivity index is 1.53. The van der Waals surface area contributed by atoms with Gasteiger partial charge in [-0.05, 0) is 63.4 Å². The minimum atomic E-state index is -2.75. The van der Waals surface area contributed by atoms with Crippen molar-refractivity contribution < 1.29 is 37.1 Å². The maximum Gasteiger partial charge on any atom is 0.408 e. The monoisotopic (exact) mass is 655 g/mol. The molecule has 5 amide bonds. The largest absolute Gasteiger partial charge is 0.444 e. The van der Waals surface area contributed by atoms with Crippen LogP contribution in [0.25, 0.3) is 0 Å². The predicted molar refractivity (Wildman–Crippen MR) is 159 cm³/mol. The number of fused-ring (bicyclic) bond motifs is 1. The van der Waals surface area contributed by atoms with Gasteiger partial charge in [-0.3, -0.25) is 15.0 Å². The first-order valence-corrected chi connectivity index (χ1v) is 15.1. The summed E-state index contributed by atoms with van der Waals surface area (Å²) in [7, 11) is 0. The fourth-order valence-corrected chi connectivity index (χ4v) is 5.89. The number of hydrogen-bond acceptors (Lipinski definition) is 6. The van der Waals surface area contributed by atoms with Crippen LogP contribution >= 0.6 is 23.4 Å². The number of hydrogen-bond donors (Lipinski definition) is 4. The van der Waals surface area contributed by atoms with E-state index >= 15 is 4.39 Å². The maximum atomic E-state index is 15.2. The summed E-state index contributed by atoms with van der Waals surface area (Å²) in [6.45, 7) is 6.62. The van der Waals surface area contributed by atoms with Gasteiger partial charge in [0, 0.05) is 34.6 Å². The molecule has 2 aliphatic rings. The molecule has 10 nitrogen and oxygen atoms in total. The molecule has 0 bridgehead atoms. The number of alkyl halides is 2. The summed E-state index contributed by atoms with van der Waals surface area (Å²) in [4.78, 5) is 53.2. The highest BCUT2D eigenvalue weighted by atomic mass is 35.5. The van der Waals surface area contributed by atoms with Crippen LogP contribution in [-0.4, -0.2) is 53.3 Å². The van der Waals surface area contributed by atoms with Crippen LogP contribution in [0.4, 0.5) is 28.4 Å². The molecule has 0 spiro atoms. The molecular weight excluding hydrogens is 623 g/mol. The first-order chi connectivity index (χ1) is 20.5. The summed E-state index contributed by atoms with van der Waals surface area (Å²) >= 11 is 7.13. The number of rotatable bonds is 6. The number of carbonyl (C=O) groups is 4. The zero-order valence-corrected chi connectivity index (χ0v) is 26.0. The van der Waals surface area contributed by atoms with Gasteiger partial charge in [0.25, 0.3) is 11.8 Å². The van der Waals surface area contributed by atoms with E-state index in [-0.39, 0.29) is 30.8 Å². The number of urea groups is 1. The Morgan fingerprint density at radius 2 is 1.80 bits per heavy atom. The number of alkyl carbamates (subject to hydrolysis) is 1. The van der Waals surface area contributed by atoms with Gasteiger partial charge in [0.15, 0.2) is 0 Å². The second-order valence-electron chi connectivity index (χ2n) is 11.7. The molecule has 2 aromatic rings. The second kappa shape index (κ2) is 13.1. The number of thioether (sulfide) groups is 1. The summed E-state index contributed by atoms with van der Waals surface area (Å²) < 4.78 is 46.9. The van der Waals surface area contributed by atoms with Crippen LogP contribution in [-0.2, 0) is 16.1 Å². The van der Waals surface area contributed by atoms with Gasteiger partial charge < -0.3 is 20.3 Å². The highest BCUT2D eigenvalue weighted by Gasteiger charge is 2.47. The molecule has 1 aliphatic carbocycles. The minimum Gasteiger partial charge on any atom is -0.444 e. The van der Waals surface area contributed by atoms with Crippen molar-refractivity contribution >= 4 is 53.0 Å². The Morgan fingerprint density at radius 3 is 2.41 bits per heavy atom. The number of halogens is 4. The van der Waals surface area contributed by atoms with E-state index in [9.17, 15) is 28.0 Å². The van der Waals surface area contributed by atoms with Gasteiger partial charge in [-0.2, -0.15) is 0 Å². The number of ether oxygens (including phenoxy) is 1. The second-order valence-corrected chi connectivity index (χ2v) is 13.2. The Bertz CT molecular complexity index is 1430. The lowest BCUT2D eigenvalue weighted by Crippen LogP contribution is -2.54. The Labute approximate surface area is 261 Å². The van der Waals surface area contributed by atoms with E-state index in [1.54, 1.807) is 52.0 Å². The van der Waals surface area contributed by atoms with E-state index in [4.69, 9.17) is 16.3 Å². The van der Waals surface area contributed by atoms with Crippen LogP contribution in [0.1, 0.15) is 56.5 Å². The first-order valence-electron chi connectivity index (χ1n) is 13.8. The third kappa shape index (κ3) is 8.50. The smallest absolute Gasteiger partial charge is 0.408 e. The standard InChI is InChI=1S/C29H33ClF3N5O5S/c1-15(17-11-29(32,33)12-17)34-26(41)37-36-24(39)19-9-22-23(10-20(19)31)44-14-21(35-27(42)43-28(2,3)4)25(40)38(22)13-16-5-7-18(30)8-6-16/h5-10,15,17,21H,11-14H2,1-4H3,(H,35,42)(H,36,39)(H2,34,37,41)/t15?,21-/m0/s1. The minimum absolute atomic E-state index is 0.00150. The molecule has 0 aromatic heterocycles. The topological polar surface area (TPSA) is 129 Å². The highest BCUT2D eigenvalue weighted by molar-refractivity contribution is 7.99. The van der Waals surface area contributed by atoms with Crippen LogP contribution < -0.4 is 26.4 Å². The molecule has 44 heavy (non-hydrogen) atoms. The quantitative estimate of drug-likeness (QED) is 0.309. The molecule has 1 heterocycles. The Hall–Kier alpha value is -3.65. The van der Waals surface area contributed by atoms with Crippen molar-refractivity contribution in [3.63, 3.8) is 0 Å². The lowest BCUT2D eigenvalue weighted by Gasteiger charge is -2.38. The van der Waals surface area contributed by atoms with E-state index in [0.717, 1.165) is 17.8 Å². The molecule has 15 heteroatoms. The lowest BCUT2D eigenvalue weighted by molar-refractivity contribution is -0.120. The fourth-order valence-electron chi connectivity index (χ4n) is 4.69. The number of nitrogens with zero attached hydrogens (tertiary/aromatic N) is 1. The third-order valence-electron chi connectivity index (χ3n) is 6.98. The predicted octanol–water partition coefficient (Wildman–Crippen LogP) is 5.39. The van der Waals surface area contributed by atoms with E-state index in [1.165, 1.54) is 11.0 Å². The number of carbonyl (C=O) groups excluding carboxylic acids is 4. The molecular formula is C29H33ClF3N5O5S. The molecule has 4 rings (SSSR count). The summed E-state index contributed by atoms with van der Waals surface area (Å²) in [5.74, 6) is -5.56. The number of nitrogens with one attached hydrogen (secondary N) is 4. The molecule has 1 unspecified atom stereocenters. The normalized spacial score (nSPS) is 18.7. The number of amides is 5. The number of benzene rings is 2. The summed E-state index contributed by atoms with van der Waals surface area (Å²) in [5, 5.41) is 5.54. The SMILES string of the molecule is CC(NC(=O)NNC(=O)c1cc2c(cc1F)SC[C@H](NC(=O)OC(C)(C)C)C(=O)N2Cc1ccc(Cl)cc1)C1CC(F)(F)C1. The summed E-state index contributed by atoms with van der Waals surface area (Å²) in [6, 6.07) is 6.50. The molecule has 4 N–H and O–H groups in total.